The standard InChI is InChI=1S/C22H23ClN2O3/c23-19-8-6-17(7-9-19)20-15-25-22(28-20)11-10-21(27)24-14-18(12-13-26)16-4-2-1-3-5-16/h1-9,15,18,26H,10-14H2,(H,24,27)/t18-/m1/s1. The topological polar surface area (TPSA) is 75.4 Å². The highest BCUT2D eigenvalue weighted by Gasteiger charge is 2.13. The number of carbonyl (C=O) groups is 1. The monoisotopic (exact) mass is 398 g/mol. The number of halogens is 1. The maximum Gasteiger partial charge on any atom is 0.220 e. The fourth-order valence-corrected chi connectivity index (χ4v) is 3.11. The van der Waals surface area contributed by atoms with E-state index in [1.54, 1.807) is 18.3 Å². The van der Waals surface area contributed by atoms with Crippen LogP contribution in [0.1, 0.15) is 30.2 Å². The number of amides is 1. The summed E-state index contributed by atoms with van der Waals surface area (Å²) < 4.78 is 5.73. The highest BCUT2D eigenvalue weighted by atomic mass is 35.5. The third kappa shape index (κ3) is 5.68. The van der Waals surface area contributed by atoms with Gasteiger partial charge in [-0.25, -0.2) is 4.98 Å². The van der Waals surface area contributed by atoms with Crippen LogP contribution in [0.25, 0.3) is 11.3 Å². The summed E-state index contributed by atoms with van der Waals surface area (Å²) >= 11 is 5.90. The Hall–Kier alpha value is -2.63. The zero-order valence-electron chi connectivity index (χ0n) is 15.5. The summed E-state index contributed by atoms with van der Waals surface area (Å²) in [5.74, 6) is 1.20. The lowest BCUT2D eigenvalue weighted by Crippen LogP contribution is -2.29. The molecule has 0 aliphatic rings. The number of hydrogen-bond donors (Lipinski definition) is 2. The number of nitrogens with one attached hydrogen (secondary N) is 1. The molecule has 1 amide bonds. The minimum atomic E-state index is -0.0647. The summed E-state index contributed by atoms with van der Waals surface area (Å²) in [6.45, 7) is 0.574. The maximum absolute atomic E-state index is 12.2. The molecule has 0 unspecified atom stereocenters. The number of benzene rings is 2. The molecule has 0 saturated carbocycles. The molecule has 3 aromatic rings. The molecule has 0 bridgehead atoms. The summed E-state index contributed by atoms with van der Waals surface area (Å²) in [6, 6.07) is 17.2. The van der Waals surface area contributed by atoms with Gasteiger partial charge >= 0.3 is 0 Å². The van der Waals surface area contributed by atoms with Gasteiger partial charge in [-0.1, -0.05) is 41.9 Å². The number of rotatable bonds is 9. The second-order valence-corrected chi connectivity index (χ2v) is 6.99. The van der Waals surface area contributed by atoms with Gasteiger partial charge in [0.1, 0.15) is 0 Å². The summed E-state index contributed by atoms with van der Waals surface area (Å²) in [6.07, 6.45) is 2.98. The van der Waals surface area contributed by atoms with E-state index >= 15 is 0 Å². The molecule has 1 aromatic heterocycles. The molecule has 1 heterocycles. The molecule has 2 N–H and O–H groups in total. The van der Waals surface area contributed by atoms with E-state index < -0.39 is 0 Å². The molecule has 2 aromatic carbocycles. The second kappa shape index (κ2) is 10.1. The highest BCUT2D eigenvalue weighted by Crippen LogP contribution is 2.23. The average molecular weight is 399 g/mol. The predicted octanol–water partition coefficient (Wildman–Crippen LogP) is 4.21. The molecule has 5 nitrogen and oxygen atoms in total. The molecule has 6 heteroatoms. The van der Waals surface area contributed by atoms with E-state index in [-0.39, 0.29) is 18.4 Å². The molecule has 0 saturated heterocycles. The number of aliphatic hydroxyl groups is 1. The summed E-state index contributed by atoms with van der Waals surface area (Å²) in [4.78, 5) is 16.5. The maximum atomic E-state index is 12.2. The van der Waals surface area contributed by atoms with Crippen LogP contribution in [0.2, 0.25) is 5.02 Å². The third-order valence-corrected chi connectivity index (χ3v) is 4.79. The van der Waals surface area contributed by atoms with Crippen molar-refractivity contribution in [1.29, 1.82) is 0 Å². The van der Waals surface area contributed by atoms with Crippen molar-refractivity contribution in [3.05, 3.63) is 77.3 Å². The van der Waals surface area contributed by atoms with Gasteiger partial charge in [0.2, 0.25) is 5.91 Å². The van der Waals surface area contributed by atoms with E-state index in [0.717, 1.165) is 11.1 Å². The summed E-state index contributed by atoms with van der Waals surface area (Å²) in [5.41, 5.74) is 2.00. The van der Waals surface area contributed by atoms with Gasteiger partial charge in [-0.2, -0.15) is 0 Å². The van der Waals surface area contributed by atoms with Crippen molar-refractivity contribution in [3.8, 4) is 11.3 Å². The third-order valence-electron chi connectivity index (χ3n) is 4.54. The molecule has 1 atom stereocenters. The Kier molecular flexibility index (Phi) is 7.23. The lowest BCUT2D eigenvalue weighted by atomic mass is 9.96. The Labute approximate surface area is 169 Å². The van der Waals surface area contributed by atoms with Crippen molar-refractivity contribution in [3.63, 3.8) is 0 Å². The number of nitrogens with zero attached hydrogens (tertiary/aromatic N) is 1. The van der Waals surface area contributed by atoms with Gasteiger partial charge in [0.15, 0.2) is 11.7 Å². The lowest BCUT2D eigenvalue weighted by Gasteiger charge is -2.17. The quantitative estimate of drug-likeness (QED) is 0.566. The minimum absolute atomic E-state index is 0.0647. The molecule has 0 aliphatic carbocycles. The Bertz CT molecular complexity index is 878. The fraction of sp³-hybridized carbons (Fsp3) is 0.273. The van der Waals surface area contributed by atoms with Crippen LogP contribution in [-0.2, 0) is 11.2 Å². The first kappa shape index (κ1) is 20.1. The van der Waals surface area contributed by atoms with Gasteiger partial charge in [0, 0.05) is 42.5 Å². The molecule has 3 rings (SSSR count). The Balaban J connectivity index is 1.49. The van der Waals surface area contributed by atoms with Gasteiger partial charge in [-0.15, -0.1) is 0 Å². The second-order valence-electron chi connectivity index (χ2n) is 6.55. The fourth-order valence-electron chi connectivity index (χ4n) is 2.99. The van der Waals surface area contributed by atoms with E-state index in [4.69, 9.17) is 16.0 Å². The minimum Gasteiger partial charge on any atom is -0.441 e. The van der Waals surface area contributed by atoms with Crippen LogP contribution in [0.3, 0.4) is 0 Å². The van der Waals surface area contributed by atoms with Crippen LogP contribution in [0.4, 0.5) is 0 Å². The van der Waals surface area contributed by atoms with Crippen LogP contribution < -0.4 is 5.32 Å². The van der Waals surface area contributed by atoms with Crippen molar-refractivity contribution in [1.82, 2.24) is 10.3 Å². The van der Waals surface area contributed by atoms with Crippen molar-refractivity contribution < 1.29 is 14.3 Å². The van der Waals surface area contributed by atoms with E-state index in [2.05, 4.69) is 10.3 Å². The van der Waals surface area contributed by atoms with E-state index in [0.29, 0.717) is 42.5 Å². The largest absolute Gasteiger partial charge is 0.441 e. The smallest absolute Gasteiger partial charge is 0.220 e. The number of aromatic nitrogens is 1. The Morgan fingerprint density at radius 2 is 1.89 bits per heavy atom. The summed E-state index contributed by atoms with van der Waals surface area (Å²) in [7, 11) is 0. The van der Waals surface area contributed by atoms with Gasteiger partial charge < -0.3 is 14.8 Å². The molecular formula is C22H23ClN2O3. The summed E-state index contributed by atoms with van der Waals surface area (Å²) in [5, 5.41) is 12.9. The molecule has 28 heavy (non-hydrogen) atoms. The average Bonchev–Trinajstić information content (AvgIpc) is 3.20. The molecular weight excluding hydrogens is 376 g/mol. The van der Waals surface area contributed by atoms with Crippen molar-refractivity contribution in [2.45, 2.75) is 25.2 Å². The Morgan fingerprint density at radius 1 is 1.14 bits per heavy atom. The van der Waals surface area contributed by atoms with Gasteiger partial charge in [0.05, 0.1) is 6.20 Å². The van der Waals surface area contributed by atoms with E-state index in [1.165, 1.54) is 0 Å². The van der Waals surface area contributed by atoms with E-state index in [9.17, 15) is 9.90 Å². The molecule has 0 fully saturated rings. The number of hydrogen-bond acceptors (Lipinski definition) is 4. The lowest BCUT2D eigenvalue weighted by molar-refractivity contribution is -0.121. The van der Waals surface area contributed by atoms with E-state index in [1.807, 2.05) is 42.5 Å². The zero-order valence-corrected chi connectivity index (χ0v) is 16.2. The van der Waals surface area contributed by atoms with Gasteiger partial charge in [0.25, 0.3) is 0 Å². The highest BCUT2D eigenvalue weighted by molar-refractivity contribution is 6.30. The van der Waals surface area contributed by atoms with Gasteiger partial charge in [-0.3, -0.25) is 4.79 Å². The molecule has 146 valence electrons. The van der Waals surface area contributed by atoms with Crippen LogP contribution in [0, 0.1) is 0 Å². The molecule has 0 aliphatic heterocycles. The first-order valence-corrected chi connectivity index (χ1v) is 9.66. The van der Waals surface area contributed by atoms with Crippen LogP contribution in [0.15, 0.2) is 65.2 Å². The number of aryl methyl sites for hydroxylation is 1. The number of oxazole rings is 1. The predicted molar refractivity (Wildman–Crippen MR) is 109 cm³/mol. The number of aliphatic hydroxyl groups excluding tert-OH is 1. The normalized spacial score (nSPS) is 11.9. The van der Waals surface area contributed by atoms with Crippen molar-refractivity contribution in [2.24, 2.45) is 0 Å². The molecule has 0 spiro atoms. The van der Waals surface area contributed by atoms with Gasteiger partial charge in [-0.05, 0) is 36.2 Å². The van der Waals surface area contributed by atoms with Crippen LogP contribution in [-0.4, -0.2) is 29.1 Å². The first-order valence-electron chi connectivity index (χ1n) is 9.29. The van der Waals surface area contributed by atoms with Crippen molar-refractivity contribution >= 4 is 17.5 Å². The zero-order chi connectivity index (χ0) is 19.8. The molecule has 0 radical (unpaired) electrons. The number of carbonyl (C=O) groups excluding carboxylic acids is 1. The SMILES string of the molecule is O=C(CCc1ncc(-c2ccc(Cl)cc2)o1)NC[C@@H](CCO)c1ccccc1. The first-order chi connectivity index (χ1) is 13.7. The van der Waals surface area contributed by atoms with Crippen molar-refractivity contribution in [2.75, 3.05) is 13.2 Å². The van der Waals surface area contributed by atoms with Crippen LogP contribution >= 0.6 is 11.6 Å². The van der Waals surface area contributed by atoms with Crippen LogP contribution in [0.5, 0.6) is 0 Å². The Morgan fingerprint density at radius 3 is 2.61 bits per heavy atom.